The number of rotatable bonds is 2. The SMILES string of the molecule is CC(C)(C)c1ccc(C(C)(C)C)c(Cc2ccccc2C(C)(C)C)c1. The van der Waals surface area contributed by atoms with Crippen molar-refractivity contribution in [1.82, 2.24) is 0 Å². The van der Waals surface area contributed by atoms with E-state index in [4.69, 9.17) is 0 Å². The Morgan fingerprint density at radius 2 is 1.08 bits per heavy atom. The van der Waals surface area contributed by atoms with Gasteiger partial charge in [0, 0.05) is 0 Å². The largest absolute Gasteiger partial charge is 0.0620 e. The Balaban J connectivity index is 2.59. The van der Waals surface area contributed by atoms with Crippen LogP contribution in [0.1, 0.15) is 90.1 Å². The lowest BCUT2D eigenvalue weighted by atomic mass is 9.76. The van der Waals surface area contributed by atoms with Crippen molar-refractivity contribution in [2.45, 2.75) is 85.0 Å². The van der Waals surface area contributed by atoms with Gasteiger partial charge < -0.3 is 0 Å². The molecule has 0 heteroatoms. The van der Waals surface area contributed by atoms with E-state index >= 15 is 0 Å². The van der Waals surface area contributed by atoms with Gasteiger partial charge in [-0.15, -0.1) is 0 Å². The molecule has 0 saturated carbocycles. The second-order valence-electron chi connectivity index (χ2n) is 10.5. The zero-order valence-electron chi connectivity index (χ0n) is 17.7. The summed E-state index contributed by atoms with van der Waals surface area (Å²) < 4.78 is 0. The summed E-state index contributed by atoms with van der Waals surface area (Å²) in [6, 6.07) is 16.1. The first-order valence-electron chi connectivity index (χ1n) is 9.52. The third kappa shape index (κ3) is 4.75. The van der Waals surface area contributed by atoms with E-state index in [-0.39, 0.29) is 16.2 Å². The summed E-state index contributed by atoms with van der Waals surface area (Å²) in [5.74, 6) is 0. The molecule has 0 aromatic heterocycles. The minimum absolute atomic E-state index is 0.155. The molecule has 0 bridgehead atoms. The van der Waals surface area contributed by atoms with Crippen LogP contribution >= 0.6 is 0 Å². The zero-order valence-corrected chi connectivity index (χ0v) is 17.7. The number of benzene rings is 2. The maximum absolute atomic E-state index is 2.44. The topological polar surface area (TPSA) is 0 Å². The monoisotopic (exact) mass is 336 g/mol. The Morgan fingerprint density at radius 3 is 1.60 bits per heavy atom. The average Bonchev–Trinajstić information content (AvgIpc) is 2.44. The number of hydrogen-bond acceptors (Lipinski definition) is 0. The standard InChI is InChI=1S/C25H36/c1-23(2,3)20-14-15-22(25(7,8)9)19(17-20)16-18-12-10-11-13-21(18)24(4,5)6/h10-15,17H,16H2,1-9H3. The van der Waals surface area contributed by atoms with E-state index in [1.165, 1.54) is 27.8 Å². The minimum Gasteiger partial charge on any atom is -0.0620 e. The van der Waals surface area contributed by atoms with Gasteiger partial charge in [-0.25, -0.2) is 0 Å². The number of hydrogen-bond donors (Lipinski definition) is 0. The van der Waals surface area contributed by atoms with E-state index in [1.54, 1.807) is 0 Å². The smallest absolute Gasteiger partial charge is 0.00198 e. The predicted octanol–water partition coefficient (Wildman–Crippen LogP) is 7.17. The molecule has 0 N–H and O–H groups in total. The van der Waals surface area contributed by atoms with E-state index in [0.717, 1.165) is 6.42 Å². The predicted molar refractivity (Wildman–Crippen MR) is 112 cm³/mol. The summed E-state index contributed by atoms with van der Waals surface area (Å²) in [7, 11) is 0. The van der Waals surface area contributed by atoms with Gasteiger partial charge in [0.05, 0.1) is 0 Å². The van der Waals surface area contributed by atoms with Crippen LogP contribution in [-0.2, 0) is 22.7 Å². The molecule has 2 aromatic rings. The lowest BCUT2D eigenvalue weighted by Crippen LogP contribution is -2.19. The van der Waals surface area contributed by atoms with Crippen molar-refractivity contribution >= 4 is 0 Å². The molecule has 0 saturated heterocycles. The fraction of sp³-hybridized carbons (Fsp3) is 0.520. The highest BCUT2D eigenvalue weighted by atomic mass is 14.3. The third-order valence-electron chi connectivity index (χ3n) is 4.99. The van der Waals surface area contributed by atoms with Crippen molar-refractivity contribution in [3.8, 4) is 0 Å². The van der Waals surface area contributed by atoms with Crippen LogP contribution in [0.2, 0.25) is 0 Å². The van der Waals surface area contributed by atoms with E-state index in [0.29, 0.717) is 0 Å². The van der Waals surface area contributed by atoms with Crippen molar-refractivity contribution < 1.29 is 0 Å². The lowest BCUT2D eigenvalue weighted by molar-refractivity contribution is 0.568. The molecule has 0 aliphatic carbocycles. The van der Waals surface area contributed by atoms with Crippen LogP contribution in [0.4, 0.5) is 0 Å². The zero-order chi connectivity index (χ0) is 19.0. The fourth-order valence-corrected chi connectivity index (χ4v) is 3.55. The van der Waals surface area contributed by atoms with Crippen LogP contribution < -0.4 is 0 Å². The van der Waals surface area contributed by atoms with Crippen molar-refractivity contribution in [2.24, 2.45) is 0 Å². The molecule has 0 radical (unpaired) electrons. The summed E-state index contributed by atoms with van der Waals surface area (Å²) in [6.45, 7) is 20.8. The molecule has 0 heterocycles. The Labute approximate surface area is 155 Å². The van der Waals surface area contributed by atoms with Gasteiger partial charge in [-0.2, -0.15) is 0 Å². The first-order valence-corrected chi connectivity index (χ1v) is 9.52. The average molecular weight is 337 g/mol. The summed E-state index contributed by atoms with van der Waals surface area (Å²) >= 11 is 0. The molecule has 0 nitrogen and oxygen atoms in total. The molecule has 25 heavy (non-hydrogen) atoms. The lowest BCUT2D eigenvalue weighted by Gasteiger charge is -2.28. The molecule has 0 atom stereocenters. The normalized spacial score (nSPS) is 13.2. The molecule has 136 valence electrons. The molecule has 0 fully saturated rings. The Bertz CT molecular complexity index is 728. The molecule has 0 amide bonds. The van der Waals surface area contributed by atoms with E-state index in [9.17, 15) is 0 Å². The molecule has 2 aromatic carbocycles. The van der Waals surface area contributed by atoms with Crippen LogP contribution in [-0.4, -0.2) is 0 Å². The van der Waals surface area contributed by atoms with Crippen LogP contribution in [0.25, 0.3) is 0 Å². The Hall–Kier alpha value is -1.56. The van der Waals surface area contributed by atoms with Gasteiger partial charge in [0.25, 0.3) is 0 Å². The highest BCUT2D eigenvalue weighted by molar-refractivity contribution is 5.44. The van der Waals surface area contributed by atoms with E-state index < -0.39 is 0 Å². The van der Waals surface area contributed by atoms with Gasteiger partial charge in [0.1, 0.15) is 0 Å². The van der Waals surface area contributed by atoms with Crippen molar-refractivity contribution in [3.05, 3.63) is 70.3 Å². The summed E-state index contributed by atoms with van der Waals surface area (Å²) in [6.07, 6.45) is 1.00. The molecular weight excluding hydrogens is 300 g/mol. The van der Waals surface area contributed by atoms with Crippen molar-refractivity contribution in [1.29, 1.82) is 0 Å². The maximum atomic E-state index is 2.44. The first-order chi connectivity index (χ1) is 11.3. The van der Waals surface area contributed by atoms with Crippen molar-refractivity contribution in [3.63, 3.8) is 0 Å². The second kappa shape index (κ2) is 6.63. The molecule has 0 aliphatic heterocycles. The molecule has 0 spiro atoms. The van der Waals surface area contributed by atoms with Crippen LogP contribution in [0.5, 0.6) is 0 Å². The summed E-state index contributed by atoms with van der Waals surface area (Å²) in [4.78, 5) is 0. The van der Waals surface area contributed by atoms with E-state index in [1.807, 2.05) is 0 Å². The Morgan fingerprint density at radius 1 is 0.560 bits per heavy atom. The maximum Gasteiger partial charge on any atom is -0.00198 e. The molecule has 0 unspecified atom stereocenters. The van der Waals surface area contributed by atoms with Crippen molar-refractivity contribution in [2.75, 3.05) is 0 Å². The molecule has 2 rings (SSSR count). The van der Waals surface area contributed by atoms with Crippen LogP contribution in [0.3, 0.4) is 0 Å². The van der Waals surface area contributed by atoms with Gasteiger partial charge in [-0.1, -0.05) is 105 Å². The van der Waals surface area contributed by atoms with Crippen LogP contribution in [0, 0.1) is 0 Å². The van der Waals surface area contributed by atoms with E-state index in [2.05, 4.69) is 105 Å². The third-order valence-corrected chi connectivity index (χ3v) is 4.99. The van der Waals surface area contributed by atoms with Crippen LogP contribution in [0.15, 0.2) is 42.5 Å². The highest BCUT2D eigenvalue weighted by Crippen LogP contribution is 2.34. The van der Waals surface area contributed by atoms with Gasteiger partial charge >= 0.3 is 0 Å². The second-order valence-corrected chi connectivity index (χ2v) is 10.5. The van der Waals surface area contributed by atoms with Gasteiger partial charge in [0.15, 0.2) is 0 Å². The summed E-state index contributed by atoms with van der Waals surface area (Å²) in [5, 5.41) is 0. The highest BCUT2D eigenvalue weighted by Gasteiger charge is 2.23. The van der Waals surface area contributed by atoms with Gasteiger partial charge in [-0.05, 0) is 50.5 Å². The molecule has 0 aliphatic rings. The van der Waals surface area contributed by atoms with Gasteiger partial charge in [0.2, 0.25) is 0 Å². The molecular formula is C25H36. The first kappa shape index (κ1) is 19.8. The minimum atomic E-state index is 0.155. The summed E-state index contributed by atoms with van der Waals surface area (Å²) in [5.41, 5.74) is 7.75. The quantitative estimate of drug-likeness (QED) is 0.545. The Kier molecular flexibility index (Phi) is 5.24. The van der Waals surface area contributed by atoms with Gasteiger partial charge in [-0.3, -0.25) is 0 Å². The fourth-order valence-electron chi connectivity index (χ4n) is 3.55.